The number of benzene rings is 8. The molecular weight excluding hydrogens is 701 g/mol. The van der Waals surface area contributed by atoms with E-state index in [1.807, 2.05) is 24.3 Å². The minimum Gasteiger partial charge on any atom is -0.456 e. The highest BCUT2D eigenvalue weighted by Crippen LogP contribution is 2.40. The summed E-state index contributed by atoms with van der Waals surface area (Å²) in [5.74, 6) is 0.841. The van der Waals surface area contributed by atoms with Crippen LogP contribution in [0.4, 0.5) is 0 Å². The Balaban J connectivity index is 0.946. The monoisotopic (exact) mass is 734 g/mol. The van der Waals surface area contributed by atoms with Gasteiger partial charge in [0.15, 0.2) is 0 Å². The predicted molar refractivity (Wildman–Crippen MR) is 232 cm³/mol. The van der Waals surface area contributed by atoms with Crippen molar-refractivity contribution in [3.63, 3.8) is 0 Å². The molecule has 0 amide bonds. The second-order valence-electron chi connectivity index (χ2n) is 14.8. The molecule has 0 saturated carbocycles. The third kappa shape index (κ3) is 5.12. The molecular formula is C51H34N4O2. The van der Waals surface area contributed by atoms with Crippen LogP contribution in [0.1, 0.15) is 29.0 Å². The number of rotatable bonds is 5. The maximum Gasteiger partial charge on any atom is 0.142 e. The molecule has 57 heavy (non-hydrogen) atoms. The number of nitrogens with one attached hydrogen (secondary N) is 2. The van der Waals surface area contributed by atoms with Crippen LogP contribution in [0.25, 0.3) is 82.5 Å². The Morgan fingerprint density at radius 1 is 0.456 bits per heavy atom. The Labute approximate surface area is 327 Å². The van der Waals surface area contributed by atoms with Crippen LogP contribution in [-0.4, -0.2) is 10.4 Å². The summed E-state index contributed by atoms with van der Waals surface area (Å²) in [6.45, 7) is 0. The van der Waals surface area contributed by atoms with Crippen LogP contribution in [0, 0.1) is 0 Å². The maximum atomic E-state index is 6.70. The first-order valence-electron chi connectivity index (χ1n) is 19.3. The number of nitrogens with zero attached hydrogens (tertiary/aromatic N) is 2. The van der Waals surface area contributed by atoms with Crippen molar-refractivity contribution in [1.29, 1.82) is 0 Å². The van der Waals surface area contributed by atoms with Crippen LogP contribution >= 0.6 is 0 Å². The van der Waals surface area contributed by atoms with E-state index in [1.165, 1.54) is 21.8 Å². The first-order valence-corrected chi connectivity index (χ1v) is 19.3. The summed E-state index contributed by atoms with van der Waals surface area (Å²) >= 11 is 0. The van der Waals surface area contributed by atoms with Gasteiger partial charge in [-0.1, -0.05) is 127 Å². The largest absolute Gasteiger partial charge is 0.456 e. The molecule has 0 saturated heterocycles. The lowest BCUT2D eigenvalue weighted by Gasteiger charge is -2.32. The Kier molecular flexibility index (Phi) is 7.03. The summed E-state index contributed by atoms with van der Waals surface area (Å²) in [5.41, 5.74) is 12.3. The lowest BCUT2D eigenvalue weighted by Crippen LogP contribution is -2.45. The number of para-hydroxylation sites is 3. The van der Waals surface area contributed by atoms with Crippen molar-refractivity contribution < 1.29 is 8.83 Å². The molecule has 4 heterocycles. The second kappa shape index (κ2) is 12.6. The van der Waals surface area contributed by atoms with Gasteiger partial charge in [-0.2, -0.15) is 0 Å². The van der Waals surface area contributed by atoms with Crippen LogP contribution in [0.5, 0.6) is 0 Å². The fraction of sp³-hybridized carbons (Fsp3) is 0.0392. The number of amidine groups is 1. The van der Waals surface area contributed by atoms with Crippen molar-refractivity contribution in [2.24, 2.45) is 4.99 Å². The summed E-state index contributed by atoms with van der Waals surface area (Å²) < 4.78 is 15.5. The number of aromatic nitrogens is 1. The molecule has 8 aromatic carbocycles. The van der Waals surface area contributed by atoms with E-state index < -0.39 is 0 Å². The first-order chi connectivity index (χ1) is 28.2. The standard InChI is InChI=1S/C51H34N4O2/c1-3-12-31(13-4-1)49-52-50(32-14-5-2-6-15-32)54-51(53-49)39-19-11-18-38-40-28-33(23-26-47(40)57-48(38)39)34-22-25-45-41(29-34)42-30-35(24-27-46(42)56-45)55-43-20-9-7-16-36(43)37-17-8-10-21-44(37)55/h1-30,49,51,53H,(H,52,54). The van der Waals surface area contributed by atoms with Crippen molar-refractivity contribution in [2.75, 3.05) is 0 Å². The van der Waals surface area contributed by atoms with Gasteiger partial charge in [0.2, 0.25) is 0 Å². The molecule has 2 atom stereocenters. The highest BCUT2D eigenvalue weighted by Gasteiger charge is 2.28. The summed E-state index contributed by atoms with van der Waals surface area (Å²) in [7, 11) is 0. The second-order valence-corrected chi connectivity index (χ2v) is 14.8. The lowest BCUT2D eigenvalue weighted by atomic mass is 9.99. The van der Waals surface area contributed by atoms with Crippen LogP contribution < -0.4 is 10.6 Å². The van der Waals surface area contributed by atoms with Gasteiger partial charge in [0, 0.05) is 49.1 Å². The number of hydrogen-bond donors (Lipinski definition) is 2. The molecule has 0 aliphatic carbocycles. The molecule has 11 aromatic rings. The van der Waals surface area contributed by atoms with Crippen LogP contribution in [-0.2, 0) is 0 Å². The molecule has 0 spiro atoms. The number of fused-ring (bicyclic) bond motifs is 9. The Hall–Kier alpha value is -7.41. The summed E-state index contributed by atoms with van der Waals surface area (Å²) in [6, 6.07) is 63.9. The van der Waals surface area contributed by atoms with Gasteiger partial charge in [0.05, 0.1) is 11.0 Å². The van der Waals surface area contributed by atoms with Crippen molar-refractivity contribution in [1.82, 2.24) is 15.2 Å². The third-order valence-corrected chi connectivity index (χ3v) is 11.5. The van der Waals surface area contributed by atoms with Crippen molar-refractivity contribution in [2.45, 2.75) is 12.3 Å². The SMILES string of the molecule is c1ccc(C2=NC(c3ccccc3)NC(c3cccc4c3oc3ccc(-c5ccc6oc7ccc(-n8c9ccccc9c9ccccc98)cc7c6c5)cc34)N2)cc1. The summed E-state index contributed by atoms with van der Waals surface area (Å²) in [5, 5.41) is 14.2. The average molecular weight is 735 g/mol. The molecule has 0 radical (unpaired) electrons. The van der Waals surface area contributed by atoms with Gasteiger partial charge in [0.25, 0.3) is 0 Å². The first kappa shape index (κ1) is 31.9. The number of aliphatic imine (C=N–C) groups is 1. The molecule has 2 unspecified atom stereocenters. The molecule has 1 aliphatic heterocycles. The van der Waals surface area contributed by atoms with Crippen molar-refractivity contribution in [3.8, 4) is 16.8 Å². The molecule has 0 fully saturated rings. The van der Waals surface area contributed by atoms with Gasteiger partial charge in [-0.15, -0.1) is 0 Å². The number of hydrogen-bond acceptors (Lipinski definition) is 5. The number of furan rings is 2. The van der Waals surface area contributed by atoms with Gasteiger partial charge < -0.3 is 18.7 Å². The van der Waals surface area contributed by atoms with E-state index in [-0.39, 0.29) is 12.3 Å². The van der Waals surface area contributed by atoms with E-state index in [0.717, 1.165) is 83.2 Å². The Morgan fingerprint density at radius 3 is 1.75 bits per heavy atom. The van der Waals surface area contributed by atoms with Gasteiger partial charge in [-0.3, -0.25) is 5.32 Å². The fourth-order valence-corrected chi connectivity index (χ4v) is 8.78. The molecule has 12 rings (SSSR count). The highest BCUT2D eigenvalue weighted by molar-refractivity contribution is 6.12. The molecule has 6 nitrogen and oxygen atoms in total. The smallest absolute Gasteiger partial charge is 0.142 e. The fourth-order valence-electron chi connectivity index (χ4n) is 8.78. The average Bonchev–Trinajstić information content (AvgIpc) is 3.95. The van der Waals surface area contributed by atoms with Crippen LogP contribution in [0.3, 0.4) is 0 Å². The van der Waals surface area contributed by atoms with Crippen molar-refractivity contribution in [3.05, 3.63) is 199 Å². The molecule has 0 bridgehead atoms. The van der Waals surface area contributed by atoms with Gasteiger partial charge in [0.1, 0.15) is 40.5 Å². The van der Waals surface area contributed by atoms with E-state index in [1.54, 1.807) is 0 Å². The van der Waals surface area contributed by atoms with Gasteiger partial charge in [-0.25, -0.2) is 4.99 Å². The zero-order valence-corrected chi connectivity index (χ0v) is 30.7. The molecule has 3 aromatic heterocycles. The zero-order chi connectivity index (χ0) is 37.5. The zero-order valence-electron chi connectivity index (χ0n) is 30.7. The third-order valence-electron chi connectivity index (χ3n) is 11.5. The summed E-state index contributed by atoms with van der Waals surface area (Å²) in [4.78, 5) is 5.10. The van der Waals surface area contributed by atoms with E-state index in [9.17, 15) is 0 Å². The Morgan fingerprint density at radius 2 is 1.04 bits per heavy atom. The van der Waals surface area contributed by atoms with E-state index in [2.05, 4.69) is 173 Å². The highest BCUT2D eigenvalue weighted by atomic mass is 16.3. The molecule has 1 aliphatic rings. The van der Waals surface area contributed by atoms with Gasteiger partial charge >= 0.3 is 0 Å². The maximum absolute atomic E-state index is 6.70. The predicted octanol–water partition coefficient (Wildman–Crippen LogP) is 12.6. The Bertz CT molecular complexity index is 3320. The van der Waals surface area contributed by atoms with E-state index >= 15 is 0 Å². The topological polar surface area (TPSA) is 67.6 Å². The van der Waals surface area contributed by atoms with E-state index in [4.69, 9.17) is 13.8 Å². The minimum absolute atomic E-state index is 0.231. The van der Waals surface area contributed by atoms with Gasteiger partial charge in [-0.05, 0) is 71.3 Å². The summed E-state index contributed by atoms with van der Waals surface area (Å²) in [6.07, 6.45) is -0.471. The molecule has 6 heteroatoms. The van der Waals surface area contributed by atoms with Crippen LogP contribution in [0.15, 0.2) is 196 Å². The van der Waals surface area contributed by atoms with Crippen LogP contribution in [0.2, 0.25) is 0 Å². The molecule has 2 N–H and O–H groups in total. The quantitative estimate of drug-likeness (QED) is 0.185. The van der Waals surface area contributed by atoms with E-state index in [0.29, 0.717) is 0 Å². The minimum atomic E-state index is -0.240. The van der Waals surface area contributed by atoms with Crippen molar-refractivity contribution >= 4 is 71.5 Å². The lowest BCUT2D eigenvalue weighted by molar-refractivity contribution is 0.408. The molecule has 270 valence electrons. The normalized spacial score (nSPS) is 15.9.